The quantitative estimate of drug-likeness (QED) is 0.656. The summed E-state index contributed by atoms with van der Waals surface area (Å²) in [7, 11) is 0. The molecule has 0 radical (unpaired) electrons. The zero-order valence-electron chi connectivity index (χ0n) is 10.5. The van der Waals surface area contributed by atoms with Crippen molar-refractivity contribution in [2.24, 2.45) is 0 Å². The Bertz CT molecular complexity index is 599. The van der Waals surface area contributed by atoms with Gasteiger partial charge < -0.3 is 10.6 Å². The van der Waals surface area contributed by atoms with Gasteiger partial charge in [0, 0.05) is 29.2 Å². The van der Waals surface area contributed by atoms with Crippen molar-refractivity contribution in [2.45, 2.75) is 6.42 Å². The molecule has 2 aromatic rings. The lowest BCUT2D eigenvalue weighted by atomic mass is 10.3. The van der Waals surface area contributed by atoms with Crippen molar-refractivity contribution in [1.29, 1.82) is 0 Å². The van der Waals surface area contributed by atoms with Crippen molar-refractivity contribution in [3.05, 3.63) is 56.8 Å². The van der Waals surface area contributed by atoms with Gasteiger partial charge >= 0.3 is 6.03 Å². The van der Waals surface area contributed by atoms with Gasteiger partial charge in [-0.2, -0.15) is 0 Å². The second-order valence-corrected chi connectivity index (χ2v) is 5.05. The van der Waals surface area contributed by atoms with E-state index < -0.39 is 4.92 Å². The molecule has 0 spiro atoms. The van der Waals surface area contributed by atoms with Crippen LogP contribution in [-0.2, 0) is 6.42 Å². The summed E-state index contributed by atoms with van der Waals surface area (Å²) in [6.07, 6.45) is 0.764. The number of rotatable bonds is 5. The Balaban J connectivity index is 1.82. The Morgan fingerprint density at radius 1 is 1.30 bits per heavy atom. The Kier molecular flexibility index (Phi) is 4.67. The molecule has 0 unspecified atom stereocenters. The van der Waals surface area contributed by atoms with Crippen molar-refractivity contribution < 1.29 is 9.72 Å². The number of anilines is 1. The number of non-ortho nitro benzene ring substituents is 1. The summed E-state index contributed by atoms with van der Waals surface area (Å²) >= 11 is 1.64. The van der Waals surface area contributed by atoms with Crippen LogP contribution in [0.3, 0.4) is 0 Å². The fourth-order valence-corrected chi connectivity index (χ4v) is 2.34. The molecule has 0 aliphatic heterocycles. The number of nitrogens with zero attached hydrogens (tertiary/aromatic N) is 1. The molecular formula is C13H13N3O3S. The van der Waals surface area contributed by atoms with E-state index in [1.807, 2.05) is 17.5 Å². The molecule has 1 aromatic carbocycles. The maximum absolute atomic E-state index is 11.6. The van der Waals surface area contributed by atoms with Crippen molar-refractivity contribution in [2.75, 3.05) is 11.9 Å². The number of hydrogen-bond donors (Lipinski definition) is 2. The summed E-state index contributed by atoms with van der Waals surface area (Å²) in [5.74, 6) is 0. The van der Waals surface area contributed by atoms with Crippen LogP contribution in [0.25, 0.3) is 0 Å². The molecule has 0 saturated heterocycles. The minimum absolute atomic E-state index is 0.0543. The van der Waals surface area contributed by atoms with Crippen LogP contribution in [0.4, 0.5) is 16.2 Å². The van der Waals surface area contributed by atoms with Crippen molar-refractivity contribution in [3.63, 3.8) is 0 Å². The normalized spacial score (nSPS) is 10.0. The second kappa shape index (κ2) is 6.67. The van der Waals surface area contributed by atoms with Crippen LogP contribution in [0, 0.1) is 10.1 Å². The highest BCUT2D eigenvalue weighted by molar-refractivity contribution is 7.09. The van der Waals surface area contributed by atoms with Crippen LogP contribution in [0.1, 0.15) is 4.88 Å². The first-order valence-electron chi connectivity index (χ1n) is 5.97. The number of carbonyl (C=O) groups is 1. The van der Waals surface area contributed by atoms with E-state index in [1.54, 1.807) is 17.4 Å². The number of nitrogens with one attached hydrogen (secondary N) is 2. The molecule has 2 amide bonds. The highest BCUT2D eigenvalue weighted by Crippen LogP contribution is 2.16. The number of nitro groups is 1. The molecule has 0 fully saturated rings. The lowest BCUT2D eigenvalue weighted by molar-refractivity contribution is -0.384. The molecule has 7 heteroatoms. The third-order valence-corrected chi connectivity index (χ3v) is 3.49. The average molecular weight is 291 g/mol. The van der Waals surface area contributed by atoms with Gasteiger partial charge in [0.05, 0.1) is 4.92 Å². The third kappa shape index (κ3) is 4.06. The SMILES string of the molecule is O=C(NCCc1cccs1)Nc1cccc([N+](=O)[O-])c1. The van der Waals surface area contributed by atoms with Crippen molar-refractivity contribution >= 4 is 28.7 Å². The third-order valence-electron chi connectivity index (χ3n) is 2.55. The van der Waals surface area contributed by atoms with Crippen LogP contribution >= 0.6 is 11.3 Å². The summed E-state index contributed by atoms with van der Waals surface area (Å²) in [4.78, 5) is 22.9. The minimum Gasteiger partial charge on any atom is -0.338 e. The topological polar surface area (TPSA) is 84.3 Å². The van der Waals surface area contributed by atoms with E-state index in [-0.39, 0.29) is 11.7 Å². The van der Waals surface area contributed by atoms with Gasteiger partial charge in [-0.1, -0.05) is 12.1 Å². The highest BCUT2D eigenvalue weighted by atomic mass is 32.1. The molecule has 0 aliphatic rings. The number of urea groups is 1. The van der Waals surface area contributed by atoms with Crippen LogP contribution in [-0.4, -0.2) is 17.5 Å². The molecule has 0 atom stereocenters. The number of thiophene rings is 1. The number of carbonyl (C=O) groups excluding carboxylic acids is 1. The van der Waals surface area contributed by atoms with E-state index >= 15 is 0 Å². The zero-order chi connectivity index (χ0) is 14.4. The van der Waals surface area contributed by atoms with Gasteiger partial charge in [0.25, 0.3) is 5.69 Å². The van der Waals surface area contributed by atoms with Gasteiger partial charge in [-0.25, -0.2) is 4.79 Å². The summed E-state index contributed by atoms with van der Waals surface area (Å²) in [5, 5.41) is 17.9. The largest absolute Gasteiger partial charge is 0.338 e. The maximum atomic E-state index is 11.6. The van der Waals surface area contributed by atoms with E-state index in [1.165, 1.54) is 23.1 Å². The molecule has 1 aromatic heterocycles. The summed E-state index contributed by atoms with van der Waals surface area (Å²) in [5.41, 5.74) is 0.342. The Morgan fingerprint density at radius 3 is 2.85 bits per heavy atom. The lowest BCUT2D eigenvalue weighted by Gasteiger charge is -2.06. The van der Waals surface area contributed by atoms with Crippen LogP contribution in [0.15, 0.2) is 41.8 Å². The number of benzene rings is 1. The van der Waals surface area contributed by atoms with Gasteiger partial charge in [0.1, 0.15) is 0 Å². The average Bonchev–Trinajstić information content (AvgIpc) is 2.92. The van der Waals surface area contributed by atoms with Gasteiger partial charge in [-0.3, -0.25) is 10.1 Å². The Hall–Kier alpha value is -2.41. The Morgan fingerprint density at radius 2 is 2.15 bits per heavy atom. The molecule has 0 aliphatic carbocycles. The van der Waals surface area contributed by atoms with E-state index in [0.29, 0.717) is 12.2 Å². The molecule has 0 bridgehead atoms. The molecule has 104 valence electrons. The number of hydrogen-bond acceptors (Lipinski definition) is 4. The van der Waals surface area contributed by atoms with Crippen molar-refractivity contribution in [3.8, 4) is 0 Å². The molecule has 2 rings (SSSR count). The van der Waals surface area contributed by atoms with Gasteiger partial charge in [-0.05, 0) is 23.9 Å². The molecule has 1 heterocycles. The molecule has 20 heavy (non-hydrogen) atoms. The predicted octanol–water partition coefficient (Wildman–Crippen LogP) is 3.02. The predicted molar refractivity (Wildman–Crippen MR) is 78.1 cm³/mol. The Labute approximate surface area is 119 Å². The minimum atomic E-state index is -0.500. The molecular weight excluding hydrogens is 278 g/mol. The standard InChI is InChI=1S/C13H13N3O3S/c17-13(14-7-6-12-5-2-8-20-12)15-10-3-1-4-11(9-10)16(18)19/h1-5,8-9H,6-7H2,(H2,14,15,17). The van der Waals surface area contributed by atoms with E-state index in [9.17, 15) is 14.9 Å². The van der Waals surface area contributed by atoms with Gasteiger partial charge in [-0.15, -0.1) is 11.3 Å². The first-order chi connectivity index (χ1) is 9.65. The lowest BCUT2D eigenvalue weighted by Crippen LogP contribution is -2.30. The van der Waals surface area contributed by atoms with Gasteiger partial charge in [0.2, 0.25) is 0 Å². The fourth-order valence-electron chi connectivity index (χ4n) is 1.63. The summed E-state index contributed by atoms with van der Waals surface area (Å²) < 4.78 is 0. The number of nitro benzene ring substituents is 1. The van der Waals surface area contributed by atoms with Crippen molar-refractivity contribution in [1.82, 2.24) is 5.32 Å². The zero-order valence-corrected chi connectivity index (χ0v) is 11.4. The smallest absolute Gasteiger partial charge is 0.319 e. The van der Waals surface area contributed by atoms with Gasteiger partial charge in [0.15, 0.2) is 0 Å². The van der Waals surface area contributed by atoms with E-state index in [0.717, 1.165) is 6.42 Å². The van der Waals surface area contributed by atoms with Crippen LogP contribution in [0.2, 0.25) is 0 Å². The molecule has 6 nitrogen and oxygen atoms in total. The summed E-state index contributed by atoms with van der Waals surface area (Å²) in [6, 6.07) is 9.42. The highest BCUT2D eigenvalue weighted by Gasteiger charge is 2.07. The second-order valence-electron chi connectivity index (χ2n) is 4.02. The summed E-state index contributed by atoms with van der Waals surface area (Å²) in [6.45, 7) is 0.515. The van der Waals surface area contributed by atoms with E-state index in [2.05, 4.69) is 10.6 Å². The monoisotopic (exact) mass is 291 g/mol. The first kappa shape index (κ1) is 14.0. The first-order valence-corrected chi connectivity index (χ1v) is 6.85. The van der Waals surface area contributed by atoms with Crippen LogP contribution < -0.4 is 10.6 Å². The maximum Gasteiger partial charge on any atom is 0.319 e. The fraction of sp³-hybridized carbons (Fsp3) is 0.154. The van der Waals surface area contributed by atoms with Crippen LogP contribution in [0.5, 0.6) is 0 Å². The molecule has 2 N–H and O–H groups in total. The molecule has 0 saturated carbocycles. The number of amides is 2. The van der Waals surface area contributed by atoms with E-state index in [4.69, 9.17) is 0 Å².